The summed E-state index contributed by atoms with van der Waals surface area (Å²) in [4.78, 5) is 38.4. The molecule has 6 nitrogen and oxygen atoms in total. The van der Waals surface area contributed by atoms with Crippen molar-refractivity contribution in [2.24, 2.45) is 40.4 Å². The lowest BCUT2D eigenvalue weighted by molar-refractivity contribution is -0.234. The van der Waals surface area contributed by atoms with Gasteiger partial charge in [0.05, 0.1) is 19.6 Å². The van der Waals surface area contributed by atoms with Crippen molar-refractivity contribution in [1.82, 2.24) is 0 Å². The molecule has 172 valence electrons. The molecule has 0 N–H and O–H groups in total. The first-order valence-electron chi connectivity index (χ1n) is 12.1. The van der Waals surface area contributed by atoms with Gasteiger partial charge < -0.3 is 14.2 Å². The van der Waals surface area contributed by atoms with E-state index in [2.05, 4.69) is 13.8 Å². The molecule has 0 amide bonds. The van der Waals surface area contributed by atoms with Crippen LogP contribution in [0.1, 0.15) is 72.6 Å². The Kier molecular flexibility index (Phi) is 4.95. The molecule has 8 atom stereocenters. The maximum atomic E-state index is 13.8. The van der Waals surface area contributed by atoms with Gasteiger partial charge in [0.1, 0.15) is 17.7 Å². The second kappa shape index (κ2) is 7.11. The highest BCUT2D eigenvalue weighted by molar-refractivity contribution is 5.87. The SMILES string of the molecule is CC(=O)O[C@H]1C[C@]2(C)[C@@H](C(C)=O)CC[C@H]2[C@@H]2CC[C@@H]3CC4(CC(=O)[C@]3(C)[C@H]21)OCCO4. The highest BCUT2D eigenvalue weighted by Gasteiger charge is 2.68. The molecule has 0 aromatic heterocycles. The lowest BCUT2D eigenvalue weighted by Gasteiger charge is -2.62. The van der Waals surface area contributed by atoms with E-state index in [4.69, 9.17) is 14.2 Å². The van der Waals surface area contributed by atoms with Crippen LogP contribution in [0.15, 0.2) is 0 Å². The number of carbonyl (C=O) groups excluding carboxylic acids is 3. The molecular formula is C25H36O6. The van der Waals surface area contributed by atoms with Gasteiger partial charge in [-0.1, -0.05) is 13.8 Å². The molecule has 0 aromatic carbocycles. The molecule has 1 aliphatic heterocycles. The minimum atomic E-state index is -0.749. The molecule has 0 radical (unpaired) electrons. The van der Waals surface area contributed by atoms with Gasteiger partial charge in [-0.05, 0) is 62.2 Å². The molecule has 1 saturated heterocycles. The summed E-state index contributed by atoms with van der Waals surface area (Å²) in [5.41, 5.74) is -0.702. The molecule has 31 heavy (non-hydrogen) atoms. The van der Waals surface area contributed by atoms with Crippen LogP contribution in [-0.2, 0) is 28.6 Å². The molecule has 5 aliphatic rings. The Morgan fingerprint density at radius 3 is 2.35 bits per heavy atom. The lowest BCUT2D eigenvalue weighted by Crippen LogP contribution is -2.64. The van der Waals surface area contributed by atoms with Crippen LogP contribution in [-0.4, -0.2) is 42.6 Å². The number of carbonyl (C=O) groups is 3. The first-order chi connectivity index (χ1) is 14.6. The number of fused-ring (bicyclic) bond motifs is 5. The van der Waals surface area contributed by atoms with Gasteiger partial charge in [-0.2, -0.15) is 0 Å². The van der Waals surface area contributed by atoms with Crippen molar-refractivity contribution in [3.05, 3.63) is 0 Å². The van der Waals surface area contributed by atoms with Gasteiger partial charge in [-0.25, -0.2) is 0 Å². The van der Waals surface area contributed by atoms with Gasteiger partial charge in [0.2, 0.25) is 0 Å². The summed E-state index contributed by atoms with van der Waals surface area (Å²) < 4.78 is 17.8. The molecule has 4 aliphatic carbocycles. The minimum absolute atomic E-state index is 0.00480. The first kappa shape index (κ1) is 21.6. The Hall–Kier alpha value is -1.27. The highest BCUT2D eigenvalue weighted by atomic mass is 16.7. The molecule has 5 fully saturated rings. The second-order valence-corrected chi connectivity index (χ2v) is 11.4. The number of ether oxygens (including phenoxy) is 3. The van der Waals surface area contributed by atoms with Gasteiger partial charge in [-0.15, -0.1) is 0 Å². The van der Waals surface area contributed by atoms with E-state index in [0.717, 1.165) is 32.1 Å². The number of rotatable bonds is 2. The predicted molar refractivity (Wildman–Crippen MR) is 112 cm³/mol. The Morgan fingerprint density at radius 1 is 1.00 bits per heavy atom. The molecule has 0 aromatic rings. The van der Waals surface area contributed by atoms with Crippen molar-refractivity contribution in [1.29, 1.82) is 0 Å². The van der Waals surface area contributed by atoms with E-state index >= 15 is 0 Å². The zero-order valence-electron chi connectivity index (χ0n) is 19.3. The molecule has 1 spiro atoms. The number of hydrogen-bond donors (Lipinski definition) is 0. The molecular weight excluding hydrogens is 396 g/mol. The number of esters is 1. The van der Waals surface area contributed by atoms with Crippen molar-refractivity contribution in [3.8, 4) is 0 Å². The van der Waals surface area contributed by atoms with Crippen molar-refractivity contribution in [2.75, 3.05) is 13.2 Å². The fraction of sp³-hybridized carbons (Fsp3) is 0.880. The second-order valence-electron chi connectivity index (χ2n) is 11.4. The summed E-state index contributed by atoms with van der Waals surface area (Å²) in [6.45, 7) is 8.61. The van der Waals surface area contributed by atoms with E-state index < -0.39 is 11.2 Å². The van der Waals surface area contributed by atoms with Crippen LogP contribution < -0.4 is 0 Å². The van der Waals surface area contributed by atoms with Crippen LogP contribution in [0.2, 0.25) is 0 Å². The summed E-state index contributed by atoms with van der Waals surface area (Å²) in [5.74, 6) is 0.296. The Balaban J connectivity index is 1.53. The average Bonchev–Trinajstić information content (AvgIpc) is 3.26. The Labute approximate surface area is 184 Å². The van der Waals surface area contributed by atoms with E-state index in [1.807, 2.05) is 0 Å². The summed E-state index contributed by atoms with van der Waals surface area (Å²) in [6.07, 6.45) is 5.29. The summed E-state index contributed by atoms with van der Waals surface area (Å²) in [7, 11) is 0. The van der Waals surface area contributed by atoms with Crippen LogP contribution in [0.5, 0.6) is 0 Å². The van der Waals surface area contributed by atoms with Crippen LogP contribution >= 0.6 is 0 Å². The van der Waals surface area contributed by atoms with E-state index in [1.165, 1.54) is 6.92 Å². The standard InChI is InChI=1S/C25H36O6/c1-14(26)18-7-8-19-17-6-5-16-11-25(29-9-10-30-25)13-21(28)24(16,4)22(17)20(31-15(2)27)12-23(18,19)3/h16-20,22H,5-13H2,1-4H3/t16-,17+,18-,19+,20+,22-,23-,24-/m1/s1. The van der Waals surface area contributed by atoms with Crippen molar-refractivity contribution < 1.29 is 28.6 Å². The van der Waals surface area contributed by atoms with E-state index in [-0.39, 0.29) is 53.2 Å². The van der Waals surface area contributed by atoms with Crippen LogP contribution in [0.25, 0.3) is 0 Å². The number of Topliss-reactive ketones (excluding diaryl/α,β-unsaturated/α-hetero) is 2. The average molecular weight is 433 g/mol. The van der Waals surface area contributed by atoms with E-state index in [9.17, 15) is 14.4 Å². The fourth-order valence-corrected chi connectivity index (χ4v) is 8.85. The highest BCUT2D eigenvalue weighted by Crippen LogP contribution is 2.68. The Bertz CT molecular complexity index is 800. The largest absolute Gasteiger partial charge is 0.462 e. The van der Waals surface area contributed by atoms with E-state index in [1.54, 1.807) is 6.92 Å². The van der Waals surface area contributed by atoms with Gasteiger partial charge >= 0.3 is 5.97 Å². The van der Waals surface area contributed by atoms with Crippen molar-refractivity contribution in [2.45, 2.75) is 84.5 Å². The predicted octanol–water partition coefficient (Wildman–Crippen LogP) is 3.70. The summed E-state index contributed by atoms with van der Waals surface area (Å²) >= 11 is 0. The van der Waals surface area contributed by atoms with Crippen LogP contribution in [0.4, 0.5) is 0 Å². The molecule has 4 saturated carbocycles. The third kappa shape index (κ3) is 3.00. The molecule has 0 unspecified atom stereocenters. The van der Waals surface area contributed by atoms with E-state index in [0.29, 0.717) is 31.5 Å². The third-order valence-electron chi connectivity index (χ3n) is 10.0. The molecule has 6 heteroatoms. The normalized spacial score (nSPS) is 48.1. The van der Waals surface area contributed by atoms with Gasteiger partial charge in [0.15, 0.2) is 5.79 Å². The zero-order chi connectivity index (χ0) is 22.2. The Morgan fingerprint density at radius 2 is 1.71 bits per heavy atom. The van der Waals surface area contributed by atoms with Crippen molar-refractivity contribution >= 4 is 17.5 Å². The monoisotopic (exact) mass is 432 g/mol. The van der Waals surface area contributed by atoms with Gasteiger partial charge in [0.25, 0.3) is 0 Å². The van der Waals surface area contributed by atoms with Crippen molar-refractivity contribution in [3.63, 3.8) is 0 Å². The maximum Gasteiger partial charge on any atom is 0.302 e. The number of hydrogen-bond acceptors (Lipinski definition) is 6. The first-order valence-corrected chi connectivity index (χ1v) is 12.1. The lowest BCUT2D eigenvalue weighted by atomic mass is 9.43. The van der Waals surface area contributed by atoms with Gasteiger partial charge in [0, 0.05) is 30.6 Å². The molecule has 0 bridgehead atoms. The summed E-state index contributed by atoms with van der Waals surface area (Å²) in [6, 6.07) is 0. The fourth-order valence-electron chi connectivity index (χ4n) is 8.85. The van der Waals surface area contributed by atoms with Gasteiger partial charge in [-0.3, -0.25) is 14.4 Å². The topological polar surface area (TPSA) is 78.9 Å². The maximum absolute atomic E-state index is 13.8. The van der Waals surface area contributed by atoms with Crippen LogP contribution in [0, 0.1) is 40.4 Å². The zero-order valence-corrected chi connectivity index (χ0v) is 19.3. The molecule has 1 heterocycles. The third-order valence-corrected chi connectivity index (χ3v) is 10.0. The number of ketones is 2. The van der Waals surface area contributed by atoms with Crippen LogP contribution in [0.3, 0.4) is 0 Å². The minimum Gasteiger partial charge on any atom is -0.462 e. The quantitative estimate of drug-likeness (QED) is 0.619. The smallest absolute Gasteiger partial charge is 0.302 e. The summed E-state index contributed by atoms with van der Waals surface area (Å²) in [5, 5.41) is 0. The molecule has 5 rings (SSSR count).